The minimum Gasteiger partial charge on any atom is -0.353 e. The van der Waals surface area contributed by atoms with E-state index in [1.807, 2.05) is 13.8 Å². The summed E-state index contributed by atoms with van der Waals surface area (Å²) in [6, 6.07) is 0.376. The Bertz CT molecular complexity index is 203. The Morgan fingerprint density at radius 3 is 2.64 bits per heavy atom. The lowest BCUT2D eigenvalue weighted by Crippen LogP contribution is -2.49. The molecule has 1 aliphatic heterocycles. The van der Waals surface area contributed by atoms with Crippen LogP contribution in [-0.4, -0.2) is 37.0 Å². The third kappa shape index (κ3) is 2.98. The van der Waals surface area contributed by atoms with Crippen molar-refractivity contribution in [2.75, 3.05) is 20.1 Å². The van der Waals surface area contributed by atoms with Crippen LogP contribution in [0.15, 0.2) is 0 Å². The van der Waals surface area contributed by atoms with E-state index in [0.29, 0.717) is 12.0 Å². The van der Waals surface area contributed by atoms with Crippen molar-refractivity contribution in [1.29, 1.82) is 0 Å². The Morgan fingerprint density at radius 2 is 2.14 bits per heavy atom. The molecule has 1 N–H and O–H groups in total. The zero-order chi connectivity index (χ0) is 10.7. The van der Waals surface area contributed by atoms with E-state index in [9.17, 15) is 4.79 Å². The fraction of sp³-hybridized carbons (Fsp3) is 0.909. The summed E-state index contributed by atoms with van der Waals surface area (Å²) in [5.74, 6) is 0.852. The summed E-state index contributed by atoms with van der Waals surface area (Å²) < 4.78 is 0. The lowest BCUT2D eigenvalue weighted by molar-refractivity contribution is -0.125. The summed E-state index contributed by atoms with van der Waals surface area (Å²) in [6.45, 7) is 8.27. The van der Waals surface area contributed by atoms with E-state index >= 15 is 0 Å². The standard InChI is InChI=1S/C11H22N2O/c1-8(2)11(14)12-10-5-6-13(4)7-9(10)3/h8-10H,5-7H2,1-4H3,(H,12,14). The minimum absolute atomic E-state index is 0.0989. The predicted octanol–water partition coefficient (Wildman–Crippen LogP) is 1.10. The van der Waals surface area contributed by atoms with Crippen molar-refractivity contribution >= 4 is 5.91 Å². The minimum atomic E-state index is 0.0989. The van der Waals surface area contributed by atoms with Gasteiger partial charge in [0.1, 0.15) is 0 Å². The van der Waals surface area contributed by atoms with Crippen molar-refractivity contribution in [2.45, 2.75) is 33.2 Å². The summed E-state index contributed by atoms with van der Waals surface area (Å²) >= 11 is 0. The van der Waals surface area contributed by atoms with E-state index in [-0.39, 0.29) is 11.8 Å². The second kappa shape index (κ2) is 4.78. The first-order chi connectivity index (χ1) is 6.50. The molecule has 1 fully saturated rings. The number of nitrogens with zero attached hydrogens (tertiary/aromatic N) is 1. The molecule has 82 valence electrons. The zero-order valence-corrected chi connectivity index (χ0v) is 9.71. The van der Waals surface area contributed by atoms with Gasteiger partial charge in [0.25, 0.3) is 0 Å². The highest BCUT2D eigenvalue weighted by atomic mass is 16.1. The Labute approximate surface area is 86.9 Å². The molecule has 14 heavy (non-hydrogen) atoms. The number of piperidine rings is 1. The molecular formula is C11H22N2O. The number of hydrogen-bond donors (Lipinski definition) is 1. The maximum atomic E-state index is 11.5. The molecule has 0 aliphatic carbocycles. The molecule has 0 aromatic rings. The number of carbonyl (C=O) groups excluding carboxylic acids is 1. The zero-order valence-electron chi connectivity index (χ0n) is 9.71. The Balaban J connectivity index is 2.41. The van der Waals surface area contributed by atoms with Crippen molar-refractivity contribution < 1.29 is 4.79 Å². The third-order valence-corrected chi connectivity index (χ3v) is 2.96. The first-order valence-electron chi connectivity index (χ1n) is 5.49. The van der Waals surface area contributed by atoms with Gasteiger partial charge in [0.05, 0.1) is 0 Å². The molecule has 1 amide bonds. The molecule has 2 atom stereocenters. The summed E-state index contributed by atoms with van der Waals surface area (Å²) in [5.41, 5.74) is 0. The average Bonchev–Trinajstić information content (AvgIpc) is 2.09. The molecule has 1 aliphatic rings. The van der Waals surface area contributed by atoms with E-state index in [4.69, 9.17) is 0 Å². The summed E-state index contributed by atoms with van der Waals surface area (Å²) in [6.07, 6.45) is 1.08. The molecule has 0 aromatic carbocycles. The van der Waals surface area contributed by atoms with Crippen LogP contribution in [0.2, 0.25) is 0 Å². The maximum Gasteiger partial charge on any atom is 0.222 e. The smallest absolute Gasteiger partial charge is 0.222 e. The lowest BCUT2D eigenvalue weighted by Gasteiger charge is -2.35. The largest absolute Gasteiger partial charge is 0.353 e. The van der Waals surface area contributed by atoms with Gasteiger partial charge >= 0.3 is 0 Å². The monoisotopic (exact) mass is 198 g/mol. The maximum absolute atomic E-state index is 11.5. The van der Waals surface area contributed by atoms with Crippen LogP contribution in [0.25, 0.3) is 0 Å². The molecule has 0 saturated carbocycles. The first-order valence-corrected chi connectivity index (χ1v) is 5.49. The highest BCUT2D eigenvalue weighted by molar-refractivity contribution is 5.78. The van der Waals surface area contributed by atoms with Gasteiger partial charge in [0, 0.05) is 18.5 Å². The second-order valence-electron chi connectivity index (χ2n) is 4.80. The van der Waals surface area contributed by atoms with Gasteiger partial charge in [-0.15, -0.1) is 0 Å². The molecule has 0 bridgehead atoms. The van der Waals surface area contributed by atoms with Gasteiger partial charge in [0.15, 0.2) is 0 Å². The number of rotatable bonds is 2. The molecular weight excluding hydrogens is 176 g/mol. The SMILES string of the molecule is CC(C)C(=O)NC1CCN(C)CC1C. The molecule has 0 aromatic heterocycles. The van der Waals surface area contributed by atoms with Crippen molar-refractivity contribution in [3.05, 3.63) is 0 Å². The third-order valence-electron chi connectivity index (χ3n) is 2.96. The fourth-order valence-electron chi connectivity index (χ4n) is 1.92. The first kappa shape index (κ1) is 11.5. The van der Waals surface area contributed by atoms with E-state index < -0.39 is 0 Å². The Hall–Kier alpha value is -0.570. The van der Waals surface area contributed by atoms with Gasteiger partial charge < -0.3 is 10.2 Å². The summed E-state index contributed by atoms with van der Waals surface area (Å²) in [4.78, 5) is 13.8. The topological polar surface area (TPSA) is 32.3 Å². The number of hydrogen-bond acceptors (Lipinski definition) is 2. The van der Waals surface area contributed by atoms with Gasteiger partial charge in [0.2, 0.25) is 5.91 Å². The van der Waals surface area contributed by atoms with Crippen molar-refractivity contribution in [2.24, 2.45) is 11.8 Å². The molecule has 1 rings (SSSR count). The van der Waals surface area contributed by atoms with Gasteiger partial charge in [-0.1, -0.05) is 20.8 Å². The van der Waals surface area contributed by atoms with Gasteiger partial charge in [-0.2, -0.15) is 0 Å². The number of likely N-dealkylation sites (tertiary alicyclic amines) is 1. The quantitative estimate of drug-likeness (QED) is 0.720. The van der Waals surface area contributed by atoms with Crippen LogP contribution in [0.4, 0.5) is 0 Å². The van der Waals surface area contributed by atoms with Crippen LogP contribution < -0.4 is 5.32 Å². The van der Waals surface area contributed by atoms with Crippen LogP contribution in [0.1, 0.15) is 27.2 Å². The predicted molar refractivity (Wildman–Crippen MR) is 58.0 cm³/mol. The number of amides is 1. The normalized spacial score (nSPS) is 29.2. The highest BCUT2D eigenvalue weighted by Gasteiger charge is 2.25. The molecule has 2 unspecified atom stereocenters. The number of carbonyl (C=O) groups is 1. The van der Waals surface area contributed by atoms with E-state index in [1.165, 1.54) is 0 Å². The fourth-order valence-corrected chi connectivity index (χ4v) is 1.92. The van der Waals surface area contributed by atoms with Crippen LogP contribution in [-0.2, 0) is 4.79 Å². The van der Waals surface area contributed by atoms with Crippen molar-refractivity contribution in [3.8, 4) is 0 Å². The van der Waals surface area contributed by atoms with Crippen molar-refractivity contribution in [1.82, 2.24) is 10.2 Å². The van der Waals surface area contributed by atoms with E-state index in [0.717, 1.165) is 19.5 Å². The van der Waals surface area contributed by atoms with Gasteiger partial charge in [-0.05, 0) is 25.9 Å². The molecule has 3 nitrogen and oxygen atoms in total. The molecule has 1 saturated heterocycles. The molecule has 0 radical (unpaired) electrons. The van der Waals surface area contributed by atoms with Gasteiger partial charge in [-0.3, -0.25) is 4.79 Å². The van der Waals surface area contributed by atoms with E-state index in [2.05, 4.69) is 24.2 Å². The van der Waals surface area contributed by atoms with Gasteiger partial charge in [-0.25, -0.2) is 0 Å². The summed E-state index contributed by atoms with van der Waals surface area (Å²) in [5, 5.41) is 3.12. The molecule has 3 heteroatoms. The molecule has 1 heterocycles. The van der Waals surface area contributed by atoms with Crippen LogP contribution in [0.3, 0.4) is 0 Å². The average molecular weight is 198 g/mol. The Morgan fingerprint density at radius 1 is 1.50 bits per heavy atom. The highest BCUT2D eigenvalue weighted by Crippen LogP contribution is 2.15. The Kier molecular flexibility index (Phi) is 3.93. The number of nitrogens with one attached hydrogen (secondary N) is 1. The second-order valence-corrected chi connectivity index (χ2v) is 4.80. The van der Waals surface area contributed by atoms with E-state index in [1.54, 1.807) is 0 Å². The lowest BCUT2D eigenvalue weighted by atomic mass is 9.94. The van der Waals surface area contributed by atoms with Crippen LogP contribution in [0, 0.1) is 11.8 Å². The molecule has 0 spiro atoms. The van der Waals surface area contributed by atoms with Crippen LogP contribution in [0.5, 0.6) is 0 Å². The van der Waals surface area contributed by atoms with Crippen molar-refractivity contribution in [3.63, 3.8) is 0 Å². The van der Waals surface area contributed by atoms with Crippen LogP contribution >= 0.6 is 0 Å². The summed E-state index contributed by atoms with van der Waals surface area (Å²) in [7, 11) is 2.14.